The summed E-state index contributed by atoms with van der Waals surface area (Å²) in [6.07, 6.45) is 0.982. The van der Waals surface area contributed by atoms with E-state index in [0.717, 1.165) is 23.5 Å². The van der Waals surface area contributed by atoms with Crippen LogP contribution in [-0.4, -0.2) is 34.9 Å². The second-order valence-electron chi connectivity index (χ2n) is 6.96. The van der Waals surface area contributed by atoms with Gasteiger partial charge in [-0.05, 0) is 37.3 Å². The predicted molar refractivity (Wildman–Crippen MR) is 114 cm³/mol. The van der Waals surface area contributed by atoms with E-state index < -0.39 is 0 Å². The quantitative estimate of drug-likeness (QED) is 0.793. The van der Waals surface area contributed by atoms with Crippen molar-refractivity contribution in [3.05, 3.63) is 40.9 Å². The number of hydrogen-bond acceptors (Lipinski definition) is 4. The van der Waals surface area contributed by atoms with E-state index in [1.165, 1.54) is 16.9 Å². The fourth-order valence-corrected chi connectivity index (χ4v) is 4.06. The maximum absolute atomic E-state index is 12.7. The van der Waals surface area contributed by atoms with Crippen LogP contribution >= 0.6 is 36.2 Å². The standard InChI is InChI=1S/C19H25N3OS.2ClH/c1-12(2)15-4-6-16(7-5-15)18-21-17(11-24-18)19(23)22-10-14(9-20)8-13(22)3;;/h4-7,11-14H,8-10,20H2,1-3H3;2*1H. The Morgan fingerprint density at radius 2 is 1.96 bits per heavy atom. The van der Waals surface area contributed by atoms with Crippen LogP contribution < -0.4 is 5.73 Å². The van der Waals surface area contributed by atoms with Gasteiger partial charge < -0.3 is 10.6 Å². The number of thiazole rings is 1. The van der Waals surface area contributed by atoms with E-state index in [1.54, 1.807) is 0 Å². The van der Waals surface area contributed by atoms with Crippen molar-refractivity contribution in [2.75, 3.05) is 13.1 Å². The van der Waals surface area contributed by atoms with Gasteiger partial charge in [-0.25, -0.2) is 4.98 Å². The van der Waals surface area contributed by atoms with Gasteiger partial charge >= 0.3 is 0 Å². The first-order chi connectivity index (χ1) is 11.5. The van der Waals surface area contributed by atoms with E-state index in [9.17, 15) is 4.79 Å². The van der Waals surface area contributed by atoms with Gasteiger partial charge in [0.1, 0.15) is 10.7 Å². The molecule has 2 aromatic rings. The molecule has 0 bridgehead atoms. The number of halogens is 2. The maximum atomic E-state index is 12.7. The molecule has 1 aromatic heterocycles. The van der Waals surface area contributed by atoms with Gasteiger partial charge in [-0.1, -0.05) is 38.1 Å². The minimum Gasteiger partial charge on any atom is -0.334 e. The zero-order chi connectivity index (χ0) is 17.3. The van der Waals surface area contributed by atoms with Gasteiger partial charge in [0.05, 0.1) is 0 Å². The van der Waals surface area contributed by atoms with Gasteiger partial charge in [-0.2, -0.15) is 0 Å². The van der Waals surface area contributed by atoms with Crippen LogP contribution in [0.4, 0.5) is 0 Å². The first kappa shape index (κ1) is 22.9. The third-order valence-corrected chi connectivity index (χ3v) is 5.69. The molecule has 144 valence electrons. The topological polar surface area (TPSA) is 59.2 Å². The van der Waals surface area contributed by atoms with Crippen LogP contribution in [0.15, 0.2) is 29.6 Å². The van der Waals surface area contributed by atoms with E-state index in [2.05, 4.69) is 50.0 Å². The minimum atomic E-state index is 0. The van der Waals surface area contributed by atoms with Crippen molar-refractivity contribution < 1.29 is 4.79 Å². The summed E-state index contributed by atoms with van der Waals surface area (Å²) >= 11 is 1.53. The SMILES string of the molecule is CC(C)c1ccc(-c2nc(C(=O)N3CC(CN)CC3C)cs2)cc1.Cl.Cl. The summed E-state index contributed by atoms with van der Waals surface area (Å²) < 4.78 is 0. The lowest BCUT2D eigenvalue weighted by Gasteiger charge is -2.20. The Balaban J connectivity index is 0.00000169. The molecular formula is C19H27Cl2N3OS. The molecule has 1 aliphatic heterocycles. The average Bonchev–Trinajstić information content (AvgIpc) is 3.21. The molecule has 2 heterocycles. The Kier molecular flexibility index (Phi) is 8.54. The molecule has 0 aliphatic carbocycles. The molecular weight excluding hydrogens is 389 g/mol. The average molecular weight is 416 g/mol. The van der Waals surface area contributed by atoms with Gasteiger partial charge in [0.2, 0.25) is 0 Å². The summed E-state index contributed by atoms with van der Waals surface area (Å²) in [6.45, 7) is 7.83. The fourth-order valence-electron chi connectivity index (χ4n) is 3.26. The molecule has 0 saturated carbocycles. The smallest absolute Gasteiger partial charge is 0.273 e. The van der Waals surface area contributed by atoms with E-state index >= 15 is 0 Å². The number of amides is 1. The van der Waals surface area contributed by atoms with Gasteiger partial charge in [-0.3, -0.25) is 4.79 Å². The Morgan fingerprint density at radius 1 is 1.31 bits per heavy atom. The molecule has 26 heavy (non-hydrogen) atoms. The van der Waals surface area contributed by atoms with Crippen molar-refractivity contribution >= 4 is 42.1 Å². The zero-order valence-corrected chi connectivity index (χ0v) is 17.8. The van der Waals surface area contributed by atoms with Crippen molar-refractivity contribution in [3.8, 4) is 10.6 Å². The van der Waals surface area contributed by atoms with Crippen LogP contribution in [0.1, 0.15) is 49.2 Å². The van der Waals surface area contributed by atoms with Crippen LogP contribution in [-0.2, 0) is 0 Å². The molecule has 2 unspecified atom stereocenters. The lowest BCUT2D eigenvalue weighted by atomic mass is 10.0. The Hall–Kier alpha value is -1.14. The highest BCUT2D eigenvalue weighted by Gasteiger charge is 2.33. The summed E-state index contributed by atoms with van der Waals surface area (Å²) in [5.74, 6) is 0.949. The first-order valence-electron chi connectivity index (χ1n) is 8.56. The van der Waals surface area contributed by atoms with E-state index in [0.29, 0.717) is 24.1 Å². The normalized spacial score (nSPS) is 19.2. The van der Waals surface area contributed by atoms with Crippen molar-refractivity contribution in [1.29, 1.82) is 0 Å². The highest BCUT2D eigenvalue weighted by Crippen LogP contribution is 2.28. The molecule has 3 rings (SSSR count). The lowest BCUT2D eigenvalue weighted by Crippen LogP contribution is -2.34. The number of benzene rings is 1. The molecule has 1 aromatic carbocycles. The molecule has 1 saturated heterocycles. The fraction of sp³-hybridized carbons (Fsp3) is 0.474. The van der Waals surface area contributed by atoms with Crippen LogP contribution in [0.2, 0.25) is 0 Å². The number of nitrogens with zero attached hydrogens (tertiary/aromatic N) is 2. The predicted octanol–water partition coefficient (Wildman–Crippen LogP) is 4.59. The van der Waals surface area contributed by atoms with E-state index in [1.807, 2.05) is 10.3 Å². The third kappa shape index (κ3) is 4.77. The van der Waals surface area contributed by atoms with Crippen molar-refractivity contribution in [2.45, 2.75) is 39.2 Å². The van der Waals surface area contributed by atoms with Crippen LogP contribution in [0, 0.1) is 5.92 Å². The molecule has 7 heteroatoms. The lowest BCUT2D eigenvalue weighted by molar-refractivity contribution is 0.0738. The van der Waals surface area contributed by atoms with Crippen LogP contribution in [0.3, 0.4) is 0 Å². The minimum absolute atomic E-state index is 0. The largest absolute Gasteiger partial charge is 0.334 e. The second-order valence-corrected chi connectivity index (χ2v) is 7.82. The zero-order valence-electron chi connectivity index (χ0n) is 15.3. The van der Waals surface area contributed by atoms with Gasteiger partial charge in [0.15, 0.2) is 0 Å². The van der Waals surface area contributed by atoms with Gasteiger partial charge in [0.25, 0.3) is 5.91 Å². The number of carbonyl (C=O) groups is 1. The van der Waals surface area contributed by atoms with Gasteiger partial charge in [-0.15, -0.1) is 36.2 Å². The maximum Gasteiger partial charge on any atom is 0.273 e. The molecule has 0 spiro atoms. The summed E-state index contributed by atoms with van der Waals surface area (Å²) in [5, 5.41) is 2.77. The summed E-state index contributed by atoms with van der Waals surface area (Å²) in [5.41, 5.74) is 8.69. The molecule has 2 N–H and O–H groups in total. The number of aromatic nitrogens is 1. The van der Waals surface area contributed by atoms with E-state index in [4.69, 9.17) is 5.73 Å². The number of nitrogens with two attached hydrogens (primary N) is 1. The summed E-state index contributed by atoms with van der Waals surface area (Å²) in [6, 6.07) is 8.69. The molecule has 0 radical (unpaired) electrons. The van der Waals surface area contributed by atoms with E-state index in [-0.39, 0.29) is 36.8 Å². The number of carbonyl (C=O) groups excluding carboxylic acids is 1. The second kappa shape index (κ2) is 9.70. The monoisotopic (exact) mass is 415 g/mol. The highest BCUT2D eigenvalue weighted by atomic mass is 35.5. The number of hydrogen-bond donors (Lipinski definition) is 1. The van der Waals surface area contributed by atoms with Crippen molar-refractivity contribution in [1.82, 2.24) is 9.88 Å². The van der Waals surface area contributed by atoms with Gasteiger partial charge in [0, 0.05) is 23.5 Å². The number of likely N-dealkylation sites (tertiary alicyclic amines) is 1. The molecule has 1 amide bonds. The summed E-state index contributed by atoms with van der Waals surface area (Å²) in [4.78, 5) is 19.2. The highest BCUT2D eigenvalue weighted by molar-refractivity contribution is 7.13. The first-order valence-corrected chi connectivity index (χ1v) is 9.44. The van der Waals surface area contributed by atoms with Crippen molar-refractivity contribution in [3.63, 3.8) is 0 Å². The molecule has 2 atom stereocenters. The number of rotatable bonds is 4. The van der Waals surface area contributed by atoms with Crippen LogP contribution in [0.25, 0.3) is 10.6 Å². The Morgan fingerprint density at radius 3 is 2.50 bits per heavy atom. The Labute approximate surface area is 172 Å². The third-order valence-electron chi connectivity index (χ3n) is 4.80. The molecule has 1 aliphatic rings. The summed E-state index contributed by atoms with van der Waals surface area (Å²) in [7, 11) is 0. The van der Waals surface area contributed by atoms with Crippen molar-refractivity contribution in [2.24, 2.45) is 11.7 Å². The Bertz CT molecular complexity index is 718. The molecule has 1 fully saturated rings. The van der Waals surface area contributed by atoms with Crippen LogP contribution in [0.5, 0.6) is 0 Å². The molecule has 4 nitrogen and oxygen atoms in total.